The van der Waals surface area contributed by atoms with E-state index < -0.39 is 0 Å². The number of ketones is 1. The quantitative estimate of drug-likeness (QED) is 0.614. The first-order chi connectivity index (χ1) is 7.74. The van der Waals surface area contributed by atoms with Crippen molar-refractivity contribution >= 4 is 21.7 Å². The van der Waals surface area contributed by atoms with Gasteiger partial charge in [0, 0.05) is 10.0 Å². The molecular weight excluding hydrogens is 266 g/mol. The average Bonchev–Trinajstić information content (AvgIpc) is 2.28. The number of benzene rings is 1. The Hall–Kier alpha value is -0.670. The summed E-state index contributed by atoms with van der Waals surface area (Å²) in [4.78, 5) is 11.7. The van der Waals surface area contributed by atoms with E-state index in [9.17, 15) is 4.79 Å². The first kappa shape index (κ1) is 13.4. The summed E-state index contributed by atoms with van der Waals surface area (Å²) in [5, 5.41) is 3.17. The SMILES string of the molecule is CCCCCNCC(=O)c1cccc(Br)c1. The Morgan fingerprint density at radius 3 is 2.88 bits per heavy atom. The van der Waals surface area contributed by atoms with Gasteiger partial charge in [0.1, 0.15) is 0 Å². The van der Waals surface area contributed by atoms with E-state index in [0.29, 0.717) is 6.54 Å². The maximum Gasteiger partial charge on any atom is 0.176 e. The van der Waals surface area contributed by atoms with Crippen LogP contribution in [0.15, 0.2) is 28.7 Å². The molecule has 1 aromatic carbocycles. The highest BCUT2D eigenvalue weighted by Crippen LogP contribution is 2.11. The summed E-state index contributed by atoms with van der Waals surface area (Å²) < 4.78 is 0.948. The predicted molar refractivity (Wildman–Crippen MR) is 70.9 cm³/mol. The Bertz CT molecular complexity index is 338. The zero-order valence-electron chi connectivity index (χ0n) is 9.63. The minimum Gasteiger partial charge on any atom is -0.310 e. The zero-order chi connectivity index (χ0) is 11.8. The summed E-state index contributed by atoms with van der Waals surface area (Å²) in [6.07, 6.45) is 3.57. The van der Waals surface area contributed by atoms with Gasteiger partial charge < -0.3 is 5.32 Å². The van der Waals surface area contributed by atoms with E-state index in [4.69, 9.17) is 0 Å². The molecule has 16 heavy (non-hydrogen) atoms. The Labute approximate surface area is 106 Å². The molecular formula is C13H18BrNO. The second-order valence-electron chi connectivity index (χ2n) is 3.82. The van der Waals surface area contributed by atoms with Crippen molar-refractivity contribution in [1.82, 2.24) is 5.32 Å². The number of rotatable bonds is 7. The molecule has 0 aliphatic rings. The van der Waals surface area contributed by atoms with Gasteiger partial charge in [0.05, 0.1) is 6.54 Å². The fourth-order valence-corrected chi connectivity index (χ4v) is 1.87. The van der Waals surface area contributed by atoms with Gasteiger partial charge in [0.2, 0.25) is 0 Å². The number of nitrogens with one attached hydrogen (secondary N) is 1. The average molecular weight is 284 g/mol. The highest BCUT2D eigenvalue weighted by Gasteiger charge is 2.04. The van der Waals surface area contributed by atoms with Gasteiger partial charge >= 0.3 is 0 Å². The number of hydrogen-bond acceptors (Lipinski definition) is 2. The van der Waals surface area contributed by atoms with Crippen LogP contribution in [0.3, 0.4) is 0 Å². The lowest BCUT2D eigenvalue weighted by Crippen LogP contribution is -2.23. The van der Waals surface area contributed by atoms with Gasteiger partial charge in [-0.25, -0.2) is 0 Å². The lowest BCUT2D eigenvalue weighted by atomic mass is 10.1. The monoisotopic (exact) mass is 283 g/mol. The molecule has 2 nitrogen and oxygen atoms in total. The molecule has 0 fully saturated rings. The van der Waals surface area contributed by atoms with E-state index in [2.05, 4.69) is 28.2 Å². The minimum atomic E-state index is 0.151. The summed E-state index contributed by atoms with van der Waals surface area (Å²) in [5.74, 6) is 0.151. The third-order valence-corrected chi connectivity index (χ3v) is 2.88. The predicted octanol–water partition coefficient (Wildman–Crippen LogP) is 3.41. The van der Waals surface area contributed by atoms with Gasteiger partial charge in [-0.3, -0.25) is 4.79 Å². The highest BCUT2D eigenvalue weighted by atomic mass is 79.9. The number of halogens is 1. The Morgan fingerprint density at radius 1 is 1.38 bits per heavy atom. The zero-order valence-corrected chi connectivity index (χ0v) is 11.2. The van der Waals surface area contributed by atoms with Crippen LogP contribution in [-0.2, 0) is 0 Å². The summed E-state index contributed by atoms with van der Waals surface area (Å²) in [5.41, 5.74) is 0.761. The number of Topliss-reactive ketones (excluding diaryl/α,β-unsaturated/α-hetero) is 1. The van der Waals surface area contributed by atoms with Crippen molar-refractivity contribution in [1.29, 1.82) is 0 Å². The van der Waals surface area contributed by atoms with Crippen LogP contribution in [-0.4, -0.2) is 18.9 Å². The minimum absolute atomic E-state index is 0.151. The molecule has 0 unspecified atom stereocenters. The Balaban J connectivity index is 2.30. The molecule has 0 heterocycles. The van der Waals surface area contributed by atoms with Gasteiger partial charge in [-0.1, -0.05) is 47.8 Å². The van der Waals surface area contributed by atoms with Crippen molar-refractivity contribution in [2.24, 2.45) is 0 Å². The second-order valence-corrected chi connectivity index (χ2v) is 4.73. The largest absolute Gasteiger partial charge is 0.310 e. The van der Waals surface area contributed by atoms with Gasteiger partial charge in [0.15, 0.2) is 5.78 Å². The number of carbonyl (C=O) groups is 1. The second kappa shape index (κ2) is 7.58. The van der Waals surface area contributed by atoms with Crippen molar-refractivity contribution in [2.75, 3.05) is 13.1 Å². The maximum absolute atomic E-state index is 11.7. The molecule has 0 saturated heterocycles. The van der Waals surface area contributed by atoms with Gasteiger partial charge in [0.25, 0.3) is 0 Å². The van der Waals surface area contributed by atoms with Crippen LogP contribution >= 0.6 is 15.9 Å². The number of unbranched alkanes of at least 4 members (excludes halogenated alkanes) is 2. The molecule has 3 heteroatoms. The topological polar surface area (TPSA) is 29.1 Å². The Kier molecular flexibility index (Phi) is 6.34. The van der Waals surface area contributed by atoms with Crippen molar-refractivity contribution < 1.29 is 4.79 Å². The summed E-state index contributed by atoms with van der Waals surface area (Å²) in [7, 11) is 0. The molecule has 0 saturated carbocycles. The normalized spacial score (nSPS) is 10.4. The van der Waals surface area contributed by atoms with Gasteiger partial charge in [-0.2, -0.15) is 0 Å². The van der Waals surface area contributed by atoms with Crippen LogP contribution in [0, 0.1) is 0 Å². The fourth-order valence-electron chi connectivity index (χ4n) is 1.47. The third-order valence-electron chi connectivity index (χ3n) is 2.39. The molecule has 88 valence electrons. The molecule has 1 rings (SSSR count). The van der Waals surface area contributed by atoms with Gasteiger partial charge in [-0.05, 0) is 25.1 Å². The van der Waals surface area contributed by atoms with Crippen LogP contribution in [0.2, 0.25) is 0 Å². The summed E-state index contributed by atoms with van der Waals surface area (Å²) in [6.45, 7) is 3.53. The molecule has 0 atom stereocenters. The third kappa shape index (κ3) is 4.90. The first-order valence-electron chi connectivity index (χ1n) is 5.73. The van der Waals surface area contributed by atoms with Crippen LogP contribution in [0.5, 0.6) is 0 Å². The van der Waals surface area contributed by atoms with E-state index in [-0.39, 0.29) is 5.78 Å². The van der Waals surface area contributed by atoms with Crippen LogP contribution < -0.4 is 5.32 Å². The maximum atomic E-state index is 11.7. The summed E-state index contributed by atoms with van der Waals surface area (Å²) in [6, 6.07) is 7.51. The molecule has 0 aromatic heterocycles. The van der Waals surface area contributed by atoms with Crippen molar-refractivity contribution in [3.8, 4) is 0 Å². The molecule has 1 aromatic rings. The molecule has 0 radical (unpaired) electrons. The van der Waals surface area contributed by atoms with E-state index in [1.54, 1.807) is 0 Å². The van der Waals surface area contributed by atoms with E-state index >= 15 is 0 Å². The van der Waals surface area contributed by atoms with Crippen molar-refractivity contribution in [2.45, 2.75) is 26.2 Å². The van der Waals surface area contributed by atoms with E-state index in [1.807, 2.05) is 24.3 Å². The first-order valence-corrected chi connectivity index (χ1v) is 6.53. The number of carbonyl (C=O) groups excluding carboxylic acids is 1. The molecule has 0 spiro atoms. The molecule has 1 N–H and O–H groups in total. The molecule has 0 aliphatic carbocycles. The lowest BCUT2D eigenvalue weighted by molar-refractivity contribution is 0.0991. The van der Waals surface area contributed by atoms with Crippen molar-refractivity contribution in [3.05, 3.63) is 34.3 Å². The number of hydrogen-bond donors (Lipinski definition) is 1. The molecule has 0 aliphatic heterocycles. The van der Waals surface area contributed by atoms with Crippen LogP contribution in [0.1, 0.15) is 36.5 Å². The van der Waals surface area contributed by atoms with Crippen LogP contribution in [0.25, 0.3) is 0 Å². The van der Waals surface area contributed by atoms with Crippen LogP contribution in [0.4, 0.5) is 0 Å². The van der Waals surface area contributed by atoms with E-state index in [1.165, 1.54) is 12.8 Å². The smallest absolute Gasteiger partial charge is 0.176 e. The molecule has 0 amide bonds. The summed E-state index contributed by atoms with van der Waals surface area (Å²) >= 11 is 3.36. The lowest BCUT2D eigenvalue weighted by Gasteiger charge is -2.04. The molecule has 0 bridgehead atoms. The van der Waals surface area contributed by atoms with Crippen molar-refractivity contribution in [3.63, 3.8) is 0 Å². The van der Waals surface area contributed by atoms with Gasteiger partial charge in [-0.15, -0.1) is 0 Å². The van der Waals surface area contributed by atoms with E-state index in [0.717, 1.165) is 23.0 Å². The Morgan fingerprint density at radius 2 is 2.19 bits per heavy atom. The highest BCUT2D eigenvalue weighted by molar-refractivity contribution is 9.10. The standard InChI is InChI=1S/C13H18BrNO/c1-2-3-4-8-15-10-13(16)11-6-5-7-12(14)9-11/h5-7,9,15H,2-4,8,10H2,1H3. The fraction of sp³-hybridized carbons (Fsp3) is 0.462.